The number of nitrogens with zero attached hydrogens (tertiary/aromatic N) is 2. The molecule has 0 aromatic carbocycles. The van der Waals surface area contributed by atoms with Crippen LogP contribution in [0, 0.1) is 0 Å². The lowest BCUT2D eigenvalue weighted by molar-refractivity contribution is 0.0343. The average Bonchev–Trinajstić information content (AvgIpc) is 2.89. The van der Waals surface area contributed by atoms with Crippen molar-refractivity contribution in [3.63, 3.8) is 0 Å². The average molecular weight is 313 g/mol. The largest absolute Gasteiger partial charge is 0.383 e. The van der Waals surface area contributed by atoms with Crippen LogP contribution in [0.1, 0.15) is 31.3 Å². The van der Waals surface area contributed by atoms with Crippen molar-refractivity contribution in [2.24, 2.45) is 0 Å². The van der Waals surface area contributed by atoms with Crippen molar-refractivity contribution in [2.45, 2.75) is 45.9 Å². The van der Waals surface area contributed by atoms with Crippen molar-refractivity contribution in [2.75, 3.05) is 38.3 Å². The molecular weight excluding hydrogens is 286 g/mol. The maximum absolute atomic E-state index is 5.71. The number of methoxy groups -OCH3 is 1. The van der Waals surface area contributed by atoms with Crippen LogP contribution in [0.15, 0.2) is 0 Å². The number of hydrogen-bond acceptors (Lipinski definition) is 6. The van der Waals surface area contributed by atoms with Crippen LogP contribution in [-0.4, -0.2) is 50.5 Å². The standard InChI is InChI=1S/C15H27N3O2S/c1-5-13-14(8-16-6-7-19-4)21-15(17-13)18-9-12(3)20-10-11(18)2/h11-12,16H,5-10H2,1-4H3. The second-order valence-corrected chi connectivity index (χ2v) is 6.60. The first-order chi connectivity index (χ1) is 10.2. The number of nitrogens with one attached hydrogen (secondary N) is 1. The van der Waals surface area contributed by atoms with Gasteiger partial charge in [0.15, 0.2) is 5.13 Å². The van der Waals surface area contributed by atoms with E-state index in [1.165, 1.54) is 10.6 Å². The van der Waals surface area contributed by atoms with E-state index < -0.39 is 0 Å². The van der Waals surface area contributed by atoms with Crippen molar-refractivity contribution in [1.29, 1.82) is 0 Å². The zero-order chi connectivity index (χ0) is 15.2. The summed E-state index contributed by atoms with van der Waals surface area (Å²) in [6, 6.07) is 0.395. The summed E-state index contributed by atoms with van der Waals surface area (Å²) in [6.07, 6.45) is 1.25. The highest BCUT2D eigenvalue weighted by Crippen LogP contribution is 2.30. The topological polar surface area (TPSA) is 46.6 Å². The predicted molar refractivity (Wildman–Crippen MR) is 87.3 cm³/mol. The molecule has 1 aliphatic heterocycles. The molecule has 2 unspecified atom stereocenters. The number of anilines is 1. The number of rotatable bonds is 7. The van der Waals surface area contributed by atoms with E-state index in [1.807, 2.05) is 11.3 Å². The van der Waals surface area contributed by atoms with Crippen LogP contribution in [0.2, 0.25) is 0 Å². The van der Waals surface area contributed by atoms with Gasteiger partial charge in [-0.25, -0.2) is 4.98 Å². The van der Waals surface area contributed by atoms with E-state index in [0.717, 1.165) is 44.4 Å². The Kier molecular flexibility index (Phi) is 6.41. The van der Waals surface area contributed by atoms with E-state index >= 15 is 0 Å². The molecule has 0 radical (unpaired) electrons. The highest BCUT2D eigenvalue weighted by Gasteiger charge is 2.26. The Morgan fingerprint density at radius 1 is 1.48 bits per heavy atom. The monoisotopic (exact) mass is 313 g/mol. The van der Waals surface area contributed by atoms with Gasteiger partial charge < -0.3 is 19.7 Å². The Morgan fingerprint density at radius 3 is 3.00 bits per heavy atom. The van der Waals surface area contributed by atoms with Gasteiger partial charge in [0.1, 0.15) is 0 Å². The van der Waals surface area contributed by atoms with E-state index in [2.05, 4.69) is 31.0 Å². The Labute approximate surface area is 131 Å². The molecule has 1 aromatic heterocycles. The fourth-order valence-corrected chi connectivity index (χ4v) is 3.68. The molecule has 1 aliphatic rings. The molecule has 1 saturated heterocycles. The van der Waals surface area contributed by atoms with Gasteiger partial charge in [0.2, 0.25) is 0 Å². The highest BCUT2D eigenvalue weighted by atomic mass is 32.1. The van der Waals surface area contributed by atoms with Gasteiger partial charge in [-0.15, -0.1) is 11.3 Å². The van der Waals surface area contributed by atoms with Gasteiger partial charge in [-0.2, -0.15) is 0 Å². The molecule has 2 atom stereocenters. The van der Waals surface area contributed by atoms with Crippen molar-refractivity contribution in [3.8, 4) is 0 Å². The van der Waals surface area contributed by atoms with Crippen LogP contribution in [0.25, 0.3) is 0 Å². The van der Waals surface area contributed by atoms with Crippen molar-refractivity contribution >= 4 is 16.5 Å². The van der Waals surface area contributed by atoms with E-state index in [0.29, 0.717) is 6.04 Å². The summed E-state index contributed by atoms with van der Waals surface area (Å²) in [6.45, 7) is 10.7. The highest BCUT2D eigenvalue weighted by molar-refractivity contribution is 7.15. The Hall–Kier alpha value is -0.690. The molecule has 0 bridgehead atoms. The minimum absolute atomic E-state index is 0.276. The molecule has 1 aromatic rings. The molecule has 0 spiro atoms. The fraction of sp³-hybridized carbons (Fsp3) is 0.800. The van der Waals surface area contributed by atoms with Gasteiger partial charge in [-0.05, 0) is 20.3 Å². The van der Waals surface area contributed by atoms with Crippen LogP contribution in [0.3, 0.4) is 0 Å². The van der Waals surface area contributed by atoms with Crippen molar-refractivity contribution < 1.29 is 9.47 Å². The molecule has 1 N–H and O–H groups in total. The molecule has 2 rings (SSSR count). The molecular formula is C15H27N3O2S. The predicted octanol–water partition coefficient (Wildman–Crippen LogP) is 2.06. The third-order valence-electron chi connectivity index (χ3n) is 3.72. The number of aromatic nitrogens is 1. The first kappa shape index (κ1) is 16.7. The van der Waals surface area contributed by atoms with Gasteiger partial charge in [-0.1, -0.05) is 6.92 Å². The Bertz CT molecular complexity index is 439. The maximum Gasteiger partial charge on any atom is 0.186 e. The van der Waals surface area contributed by atoms with Crippen LogP contribution >= 0.6 is 11.3 Å². The molecule has 5 nitrogen and oxygen atoms in total. The number of thiazole rings is 1. The summed E-state index contributed by atoms with van der Waals surface area (Å²) in [5.41, 5.74) is 1.21. The number of aryl methyl sites for hydroxylation is 1. The van der Waals surface area contributed by atoms with E-state index in [-0.39, 0.29) is 6.10 Å². The summed E-state index contributed by atoms with van der Waals surface area (Å²) in [4.78, 5) is 8.58. The van der Waals surface area contributed by atoms with Crippen LogP contribution in [0.5, 0.6) is 0 Å². The van der Waals surface area contributed by atoms with Gasteiger partial charge in [0.25, 0.3) is 0 Å². The van der Waals surface area contributed by atoms with Crippen LogP contribution in [-0.2, 0) is 22.4 Å². The lowest BCUT2D eigenvalue weighted by atomic mass is 10.2. The summed E-state index contributed by atoms with van der Waals surface area (Å²) < 4.78 is 10.8. The zero-order valence-electron chi connectivity index (χ0n) is 13.5. The van der Waals surface area contributed by atoms with Crippen molar-refractivity contribution in [3.05, 3.63) is 10.6 Å². The lowest BCUT2D eigenvalue weighted by Gasteiger charge is -2.36. The molecule has 0 aliphatic carbocycles. The second kappa shape index (κ2) is 8.08. The molecule has 6 heteroatoms. The summed E-state index contributed by atoms with van der Waals surface area (Å²) in [5.74, 6) is 0. The molecule has 0 amide bonds. The summed E-state index contributed by atoms with van der Waals surface area (Å²) in [5, 5.41) is 4.55. The SMILES string of the molecule is CCc1nc(N2CC(C)OCC2C)sc1CNCCOC. The molecule has 21 heavy (non-hydrogen) atoms. The first-order valence-corrected chi connectivity index (χ1v) is 8.53. The molecule has 2 heterocycles. The van der Waals surface area contributed by atoms with Gasteiger partial charge >= 0.3 is 0 Å². The summed E-state index contributed by atoms with van der Waals surface area (Å²) >= 11 is 1.81. The van der Waals surface area contributed by atoms with E-state index in [9.17, 15) is 0 Å². The van der Waals surface area contributed by atoms with E-state index in [1.54, 1.807) is 7.11 Å². The smallest absolute Gasteiger partial charge is 0.186 e. The normalized spacial score (nSPS) is 22.8. The van der Waals surface area contributed by atoms with Gasteiger partial charge in [0.05, 0.1) is 31.1 Å². The Balaban J connectivity index is 2.04. The Morgan fingerprint density at radius 2 is 2.29 bits per heavy atom. The van der Waals surface area contributed by atoms with E-state index in [4.69, 9.17) is 14.5 Å². The third kappa shape index (κ3) is 4.39. The van der Waals surface area contributed by atoms with Crippen molar-refractivity contribution in [1.82, 2.24) is 10.3 Å². The van der Waals surface area contributed by atoms with Crippen LogP contribution in [0.4, 0.5) is 5.13 Å². The molecule has 0 saturated carbocycles. The zero-order valence-corrected chi connectivity index (χ0v) is 14.3. The van der Waals surface area contributed by atoms with Gasteiger partial charge in [-0.3, -0.25) is 0 Å². The number of hydrogen-bond donors (Lipinski definition) is 1. The molecule has 120 valence electrons. The maximum atomic E-state index is 5.71. The van der Waals surface area contributed by atoms with Gasteiger partial charge in [0, 0.05) is 31.6 Å². The quantitative estimate of drug-likeness (QED) is 0.781. The first-order valence-electron chi connectivity index (χ1n) is 7.72. The molecule has 1 fully saturated rings. The third-order valence-corrected chi connectivity index (χ3v) is 4.86. The second-order valence-electron chi connectivity index (χ2n) is 5.53. The van der Waals surface area contributed by atoms with Crippen LogP contribution < -0.4 is 10.2 Å². The minimum atomic E-state index is 0.276. The fourth-order valence-electron chi connectivity index (χ4n) is 2.45. The number of morpholine rings is 1. The minimum Gasteiger partial charge on any atom is -0.383 e. The number of ether oxygens (including phenoxy) is 2. The summed E-state index contributed by atoms with van der Waals surface area (Å²) in [7, 11) is 1.73. The lowest BCUT2D eigenvalue weighted by Crippen LogP contribution is -2.47.